The number of benzene rings is 4. The Morgan fingerprint density at radius 2 is 1.51 bits per heavy atom. The minimum absolute atomic E-state index is 0.115. The molecule has 6 aromatic rings. The summed E-state index contributed by atoms with van der Waals surface area (Å²) in [4.78, 5) is 27.4. The number of carbonyl (C=O) groups is 1. The van der Waals surface area contributed by atoms with Gasteiger partial charge in [0.2, 0.25) is 0 Å². The standard InChI is InChI=1S/C33H26N4O2/c38-32(37(29-11-5-2-6-12-29)22-25-8-7-19-34-21-25)28-17-18-30-31(20-28)36-33(35-30)39-23-24-13-15-27(16-14-24)26-9-3-1-4-10-26/h1-21H,22-23H2,(H,35,36). The van der Waals surface area contributed by atoms with Crippen LogP contribution in [0.4, 0.5) is 5.69 Å². The number of aromatic nitrogens is 3. The van der Waals surface area contributed by atoms with Gasteiger partial charge < -0.3 is 14.6 Å². The van der Waals surface area contributed by atoms with E-state index < -0.39 is 0 Å². The fourth-order valence-corrected chi connectivity index (χ4v) is 4.48. The Morgan fingerprint density at radius 3 is 2.26 bits per heavy atom. The number of nitrogens with one attached hydrogen (secondary N) is 1. The van der Waals surface area contributed by atoms with Crippen molar-refractivity contribution in [3.05, 3.63) is 144 Å². The van der Waals surface area contributed by atoms with E-state index in [0.717, 1.165) is 27.9 Å². The minimum Gasteiger partial charge on any atom is -0.460 e. The number of hydrogen-bond donors (Lipinski definition) is 1. The van der Waals surface area contributed by atoms with E-state index in [2.05, 4.69) is 51.4 Å². The van der Waals surface area contributed by atoms with Crippen LogP contribution in [0.2, 0.25) is 0 Å². The number of H-pyrrole nitrogens is 1. The van der Waals surface area contributed by atoms with Crippen LogP contribution in [0.15, 0.2) is 128 Å². The van der Waals surface area contributed by atoms with Crippen molar-refractivity contribution in [3.63, 3.8) is 0 Å². The van der Waals surface area contributed by atoms with Gasteiger partial charge in [0.05, 0.1) is 17.6 Å². The maximum absolute atomic E-state index is 13.7. The van der Waals surface area contributed by atoms with Gasteiger partial charge >= 0.3 is 0 Å². The summed E-state index contributed by atoms with van der Waals surface area (Å²) in [5.41, 5.74) is 7.17. The van der Waals surface area contributed by atoms with Crippen LogP contribution in [0.1, 0.15) is 21.5 Å². The molecule has 6 rings (SSSR count). The van der Waals surface area contributed by atoms with Crippen LogP contribution in [-0.2, 0) is 13.2 Å². The molecule has 0 fully saturated rings. The monoisotopic (exact) mass is 510 g/mol. The molecule has 0 saturated carbocycles. The Labute approximate surface area is 226 Å². The number of carbonyl (C=O) groups excluding carboxylic acids is 1. The lowest BCUT2D eigenvalue weighted by molar-refractivity contribution is 0.0985. The van der Waals surface area contributed by atoms with Gasteiger partial charge in [0.15, 0.2) is 0 Å². The highest BCUT2D eigenvalue weighted by Gasteiger charge is 2.19. The summed E-state index contributed by atoms with van der Waals surface area (Å²) in [7, 11) is 0. The zero-order chi connectivity index (χ0) is 26.4. The lowest BCUT2D eigenvalue weighted by atomic mass is 10.0. The second-order valence-electron chi connectivity index (χ2n) is 9.21. The van der Waals surface area contributed by atoms with Crippen molar-refractivity contribution < 1.29 is 9.53 Å². The maximum Gasteiger partial charge on any atom is 0.294 e. The van der Waals surface area contributed by atoms with Crippen LogP contribution < -0.4 is 9.64 Å². The van der Waals surface area contributed by atoms with E-state index in [-0.39, 0.29) is 5.91 Å². The molecule has 6 nitrogen and oxygen atoms in total. The van der Waals surface area contributed by atoms with Gasteiger partial charge in [0, 0.05) is 23.6 Å². The molecule has 1 amide bonds. The minimum atomic E-state index is -0.115. The highest BCUT2D eigenvalue weighted by molar-refractivity contribution is 6.07. The SMILES string of the molecule is O=C(c1ccc2[nH]c(OCc3ccc(-c4ccccc4)cc3)nc2c1)N(Cc1cccnc1)c1ccccc1. The molecule has 2 heterocycles. The molecule has 190 valence electrons. The molecule has 39 heavy (non-hydrogen) atoms. The van der Waals surface area contributed by atoms with Gasteiger partial charge in [0.1, 0.15) is 6.61 Å². The first-order valence-corrected chi connectivity index (χ1v) is 12.8. The number of hydrogen-bond acceptors (Lipinski definition) is 4. The van der Waals surface area contributed by atoms with E-state index in [9.17, 15) is 4.79 Å². The van der Waals surface area contributed by atoms with Crippen LogP contribution in [0.5, 0.6) is 6.01 Å². The molecule has 4 aromatic carbocycles. The molecule has 0 unspecified atom stereocenters. The number of imidazole rings is 1. The van der Waals surface area contributed by atoms with Crippen LogP contribution in [0.3, 0.4) is 0 Å². The quantitative estimate of drug-likeness (QED) is 0.238. The average molecular weight is 511 g/mol. The number of ether oxygens (including phenoxy) is 1. The van der Waals surface area contributed by atoms with Gasteiger partial charge in [-0.2, -0.15) is 4.98 Å². The lowest BCUT2D eigenvalue weighted by Crippen LogP contribution is -2.30. The summed E-state index contributed by atoms with van der Waals surface area (Å²) in [6, 6.07) is 37.9. The van der Waals surface area contributed by atoms with E-state index >= 15 is 0 Å². The predicted molar refractivity (Wildman–Crippen MR) is 153 cm³/mol. The summed E-state index contributed by atoms with van der Waals surface area (Å²) in [6.07, 6.45) is 3.50. The van der Waals surface area contributed by atoms with Crippen molar-refractivity contribution >= 4 is 22.6 Å². The van der Waals surface area contributed by atoms with Crippen LogP contribution in [0, 0.1) is 0 Å². The first kappa shape index (κ1) is 24.1. The lowest BCUT2D eigenvalue weighted by Gasteiger charge is -2.23. The largest absolute Gasteiger partial charge is 0.460 e. The van der Waals surface area contributed by atoms with Gasteiger partial charge in [0.25, 0.3) is 11.9 Å². The zero-order valence-corrected chi connectivity index (χ0v) is 21.2. The molecule has 0 saturated heterocycles. The molecule has 1 N–H and O–H groups in total. The third kappa shape index (κ3) is 5.55. The van der Waals surface area contributed by atoms with Crippen LogP contribution in [0.25, 0.3) is 22.2 Å². The van der Waals surface area contributed by atoms with E-state index in [4.69, 9.17) is 4.74 Å². The predicted octanol–water partition coefficient (Wildman–Crippen LogP) is 7.05. The van der Waals surface area contributed by atoms with Gasteiger partial charge in [-0.05, 0) is 58.7 Å². The van der Waals surface area contributed by atoms with E-state index in [1.54, 1.807) is 23.4 Å². The fourth-order valence-electron chi connectivity index (χ4n) is 4.48. The van der Waals surface area contributed by atoms with Crippen molar-refractivity contribution in [2.75, 3.05) is 4.90 Å². The second-order valence-corrected chi connectivity index (χ2v) is 9.21. The number of fused-ring (bicyclic) bond motifs is 1. The Morgan fingerprint density at radius 1 is 0.769 bits per heavy atom. The first-order chi connectivity index (χ1) is 19.2. The number of amides is 1. The van der Waals surface area contributed by atoms with Crippen LogP contribution >= 0.6 is 0 Å². The number of para-hydroxylation sites is 1. The number of pyridine rings is 1. The molecule has 0 radical (unpaired) electrons. The van der Waals surface area contributed by atoms with Crippen molar-refractivity contribution in [1.29, 1.82) is 0 Å². The van der Waals surface area contributed by atoms with Gasteiger partial charge in [-0.3, -0.25) is 9.78 Å². The topological polar surface area (TPSA) is 71.1 Å². The summed E-state index contributed by atoms with van der Waals surface area (Å²) in [6.45, 7) is 0.792. The zero-order valence-electron chi connectivity index (χ0n) is 21.2. The van der Waals surface area contributed by atoms with E-state index in [1.165, 1.54) is 5.56 Å². The molecular weight excluding hydrogens is 484 g/mol. The van der Waals surface area contributed by atoms with E-state index in [1.807, 2.05) is 72.8 Å². The Balaban J connectivity index is 1.19. The number of aromatic amines is 1. The second kappa shape index (κ2) is 11.0. The third-order valence-electron chi connectivity index (χ3n) is 6.52. The average Bonchev–Trinajstić information content (AvgIpc) is 3.42. The smallest absolute Gasteiger partial charge is 0.294 e. The van der Waals surface area contributed by atoms with Crippen LogP contribution in [-0.4, -0.2) is 20.9 Å². The number of nitrogens with zero attached hydrogens (tertiary/aromatic N) is 3. The van der Waals surface area contributed by atoms with Crippen molar-refractivity contribution in [1.82, 2.24) is 15.0 Å². The number of anilines is 1. The Bertz CT molecular complexity index is 1680. The first-order valence-electron chi connectivity index (χ1n) is 12.8. The summed E-state index contributed by atoms with van der Waals surface area (Å²) in [5.74, 6) is -0.115. The molecule has 2 aromatic heterocycles. The van der Waals surface area contributed by atoms with Crippen molar-refractivity contribution in [2.24, 2.45) is 0 Å². The van der Waals surface area contributed by atoms with Crippen molar-refractivity contribution in [3.8, 4) is 17.1 Å². The Hall–Kier alpha value is -5.23. The molecule has 0 atom stereocenters. The molecule has 0 aliphatic rings. The normalized spacial score (nSPS) is 10.9. The number of rotatable bonds is 8. The van der Waals surface area contributed by atoms with Crippen molar-refractivity contribution in [2.45, 2.75) is 13.2 Å². The Kier molecular flexibility index (Phi) is 6.82. The summed E-state index contributed by atoms with van der Waals surface area (Å²) >= 11 is 0. The molecule has 0 aliphatic heterocycles. The summed E-state index contributed by atoms with van der Waals surface area (Å²) < 4.78 is 5.95. The maximum atomic E-state index is 13.7. The van der Waals surface area contributed by atoms with Gasteiger partial charge in [-0.15, -0.1) is 0 Å². The van der Waals surface area contributed by atoms with Gasteiger partial charge in [-0.25, -0.2) is 0 Å². The fraction of sp³-hybridized carbons (Fsp3) is 0.0606. The van der Waals surface area contributed by atoms with E-state index in [0.29, 0.717) is 30.2 Å². The molecule has 0 aliphatic carbocycles. The molecule has 0 spiro atoms. The molecule has 0 bridgehead atoms. The third-order valence-corrected chi connectivity index (χ3v) is 6.52. The molecule has 6 heteroatoms. The molecular formula is C33H26N4O2. The highest BCUT2D eigenvalue weighted by atomic mass is 16.5. The summed E-state index contributed by atoms with van der Waals surface area (Å²) in [5, 5.41) is 0. The van der Waals surface area contributed by atoms with Gasteiger partial charge in [-0.1, -0.05) is 78.9 Å². The highest BCUT2D eigenvalue weighted by Crippen LogP contribution is 2.24.